The predicted molar refractivity (Wildman–Crippen MR) is 61.3 cm³/mol. The highest BCUT2D eigenvalue weighted by Gasteiger charge is 2.18. The van der Waals surface area contributed by atoms with Crippen LogP contribution in [-0.4, -0.2) is 34.0 Å². The third-order valence-corrected chi connectivity index (χ3v) is 2.56. The summed E-state index contributed by atoms with van der Waals surface area (Å²) in [5.74, 6) is 0. The molecule has 1 aromatic heterocycles. The van der Waals surface area contributed by atoms with Gasteiger partial charge in [0.1, 0.15) is 0 Å². The highest BCUT2D eigenvalue weighted by molar-refractivity contribution is 5.01. The van der Waals surface area contributed by atoms with Crippen molar-refractivity contribution in [2.24, 2.45) is 5.73 Å². The predicted octanol–water partition coefficient (Wildman–Crippen LogP) is 1.21. The van der Waals surface area contributed by atoms with E-state index in [1.807, 2.05) is 6.20 Å². The maximum absolute atomic E-state index is 5.61. The molecule has 1 atom stereocenters. The second-order valence-corrected chi connectivity index (χ2v) is 3.93. The zero-order valence-electron chi connectivity index (χ0n) is 9.72. The smallest absolute Gasteiger partial charge is 0.0755 e. The van der Waals surface area contributed by atoms with E-state index in [0.717, 1.165) is 12.2 Å². The van der Waals surface area contributed by atoms with Gasteiger partial charge in [0.2, 0.25) is 0 Å². The first-order valence-electron chi connectivity index (χ1n) is 5.38. The highest BCUT2D eigenvalue weighted by atomic mass is 15.2. The Hall–Kier alpha value is -1.00. The Bertz CT molecular complexity index is 273. The Morgan fingerprint density at radius 1 is 1.33 bits per heavy atom. The third kappa shape index (κ3) is 3.25. The average Bonchev–Trinajstić information content (AvgIpc) is 2.26. The van der Waals surface area contributed by atoms with E-state index in [1.165, 1.54) is 0 Å². The fraction of sp³-hybridized carbons (Fsp3) is 0.636. The van der Waals surface area contributed by atoms with Gasteiger partial charge >= 0.3 is 0 Å². The quantitative estimate of drug-likeness (QED) is 0.790. The second-order valence-electron chi connectivity index (χ2n) is 3.93. The lowest BCUT2D eigenvalue weighted by molar-refractivity contribution is 0.166. The van der Waals surface area contributed by atoms with E-state index in [2.05, 4.69) is 35.6 Å². The van der Waals surface area contributed by atoms with Crippen LogP contribution >= 0.6 is 0 Å². The lowest BCUT2D eigenvalue weighted by atomic mass is 10.1. The Labute approximate surface area is 91.5 Å². The molecule has 0 saturated carbocycles. The lowest BCUT2D eigenvalue weighted by Crippen LogP contribution is -2.37. The monoisotopic (exact) mass is 208 g/mol. The van der Waals surface area contributed by atoms with Gasteiger partial charge in [-0.2, -0.15) is 0 Å². The molecule has 0 amide bonds. The van der Waals surface area contributed by atoms with Gasteiger partial charge in [0.05, 0.1) is 11.7 Å². The molecular weight excluding hydrogens is 188 g/mol. The summed E-state index contributed by atoms with van der Waals surface area (Å²) < 4.78 is 0. The van der Waals surface area contributed by atoms with Gasteiger partial charge < -0.3 is 5.73 Å². The van der Waals surface area contributed by atoms with E-state index in [0.29, 0.717) is 12.6 Å². The standard InChI is InChI=1S/C11H20N4/c1-9(2)15(7-4-12)10(3)11-8-13-5-6-14-11/h5-6,8-10H,4,7,12H2,1-3H3. The summed E-state index contributed by atoms with van der Waals surface area (Å²) in [4.78, 5) is 10.7. The molecule has 0 fully saturated rings. The largest absolute Gasteiger partial charge is 0.329 e. The summed E-state index contributed by atoms with van der Waals surface area (Å²) in [6, 6.07) is 0.729. The number of rotatable bonds is 5. The maximum Gasteiger partial charge on any atom is 0.0755 e. The van der Waals surface area contributed by atoms with Crippen LogP contribution in [0.15, 0.2) is 18.6 Å². The zero-order chi connectivity index (χ0) is 11.3. The van der Waals surface area contributed by atoms with Crippen LogP contribution in [0.25, 0.3) is 0 Å². The van der Waals surface area contributed by atoms with Crippen molar-refractivity contribution >= 4 is 0 Å². The van der Waals surface area contributed by atoms with Crippen molar-refractivity contribution in [1.29, 1.82) is 0 Å². The van der Waals surface area contributed by atoms with Crippen LogP contribution in [0.1, 0.15) is 32.5 Å². The summed E-state index contributed by atoms with van der Waals surface area (Å²) in [5, 5.41) is 0. The van der Waals surface area contributed by atoms with Crippen LogP contribution in [0.4, 0.5) is 0 Å². The van der Waals surface area contributed by atoms with Crippen molar-refractivity contribution in [3.05, 3.63) is 24.3 Å². The van der Waals surface area contributed by atoms with Crippen LogP contribution in [0.2, 0.25) is 0 Å². The first-order valence-corrected chi connectivity index (χ1v) is 5.38. The molecule has 0 radical (unpaired) electrons. The number of aromatic nitrogens is 2. The van der Waals surface area contributed by atoms with Crippen LogP contribution in [0.5, 0.6) is 0 Å². The van der Waals surface area contributed by atoms with Crippen LogP contribution in [0, 0.1) is 0 Å². The minimum Gasteiger partial charge on any atom is -0.329 e. The third-order valence-electron chi connectivity index (χ3n) is 2.56. The SMILES string of the molecule is CC(C)N(CCN)C(C)c1cnccn1. The molecule has 1 unspecified atom stereocenters. The van der Waals surface area contributed by atoms with Crippen molar-refractivity contribution in [2.75, 3.05) is 13.1 Å². The van der Waals surface area contributed by atoms with Crippen LogP contribution in [0.3, 0.4) is 0 Å². The van der Waals surface area contributed by atoms with Gasteiger partial charge in [0, 0.05) is 37.7 Å². The molecule has 84 valence electrons. The van der Waals surface area contributed by atoms with Gasteiger partial charge in [0.15, 0.2) is 0 Å². The van der Waals surface area contributed by atoms with E-state index in [9.17, 15) is 0 Å². The maximum atomic E-state index is 5.61. The van der Waals surface area contributed by atoms with Gasteiger partial charge in [-0.1, -0.05) is 0 Å². The summed E-state index contributed by atoms with van der Waals surface area (Å²) in [5.41, 5.74) is 6.61. The van der Waals surface area contributed by atoms with Crippen molar-refractivity contribution in [2.45, 2.75) is 32.9 Å². The van der Waals surface area contributed by atoms with Gasteiger partial charge in [-0.25, -0.2) is 0 Å². The van der Waals surface area contributed by atoms with Crippen LogP contribution in [-0.2, 0) is 0 Å². The second kappa shape index (κ2) is 5.78. The number of nitrogens with zero attached hydrogens (tertiary/aromatic N) is 3. The molecule has 0 spiro atoms. The number of nitrogens with two attached hydrogens (primary N) is 1. The molecule has 0 aromatic carbocycles. The van der Waals surface area contributed by atoms with Crippen molar-refractivity contribution in [3.8, 4) is 0 Å². The summed E-state index contributed by atoms with van der Waals surface area (Å²) in [7, 11) is 0. The molecule has 4 nitrogen and oxygen atoms in total. The molecule has 1 aromatic rings. The molecule has 1 heterocycles. The van der Waals surface area contributed by atoms with E-state index < -0.39 is 0 Å². The van der Waals surface area contributed by atoms with E-state index in [-0.39, 0.29) is 6.04 Å². The van der Waals surface area contributed by atoms with Crippen LogP contribution < -0.4 is 5.73 Å². The molecule has 4 heteroatoms. The summed E-state index contributed by atoms with van der Waals surface area (Å²) in [6.45, 7) is 8.03. The molecule has 0 aliphatic carbocycles. The minimum absolute atomic E-state index is 0.266. The molecule has 0 saturated heterocycles. The number of hydrogen-bond acceptors (Lipinski definition) is 4. The van der Waals surface area contributed by atoms with E-state index in [4.69, 9.17) is 5.73 Å². The van der Waals surface area contributed by atoms with Gasteiger partial charge in [-0.3, -0.25) is 14.9 Å². The normalized spacial score (nSPS) is 13.5. The van der Waals surface area contributed by atoms with Crippen molar-refractivity contribution in [1.82, 2.24) is 14.9 Å². The fourth-order valence-corrected chi connectivity index (χ4v) is 1.74. The van der Waals surface area contributed by atoms with E-state index in [1.54, 1.807) is 12.4 Å². The Morgan fingerprint density at radius 3 is 2.53 bits per heavy atom. The van der Waals surface area contributed by atoms with E-state index >= 15 is 0 Å². The number of hydrogen-bond donors (Lipinski definition) is 1. The van der Waals surface area contributed by atoms with Gasteiger partial charge in [-0.15, -0.1) is 0 Å². The molecule has 0 bridgehead atoms. The minimum atomic E-state index is 0.266. The topological polar surface area (TPSA) is 55.0 Å². The first kappa shape index (κ1) is 12.1. The molecule has 15 heavy (non-hydrogen) atoms. The molecule has 2 N–H and O–H groups in total. The molecular formula is C11H20N4. The van der Waals surface area contributed by atoms with Crippen molar-refractivity contribution < 1.29 is 0 Å². The zero-order valence-corrected chi connectivity index (χ0v) is 9.72. The van der Waals surface area contributed by atoms with Gasteiger partial charge in [0.25, 0.3) is 0 Å². The Balaban J connectivity index is 2.76. The van der Waals surface area contributed by atoms with Crippen molar-refractivity contribution in [3.63, 3.8) is 0 Å². The first-order chi connectivity index (χ1) is 7.16. The Morgan fingerprint density at radius 2 is 2.07 bits per heavy atom. The summed E-state index contributed by atoms with van der Waals surface area (Å²) >= 11 is 0. The van der Waals surface area contributed by atoms with Gasteiger partial charge in [-0.05, 0) is 20.8 Å². The summed E-state index contributed by atoms with van der Waals surface area (Å²) in [6.07, 6.45) is 5.24. The molecule has 0 aliphatic heterocycles. The fourth-order valence-electron chi connectivity index (χ4n) is 1.74. The molecule has 1 rings (SSSR count). The highest BCUT2D eigenvalue weighted by Crippen LogP contribution is 2.18. The molecule has 0 aliphatic rings. The lowest BCUT2D eigenvalue weighted by Gasteiger charge is -2.31. The average molecular weight is 208 g/mol. The Kier molecular flexibility index (Phi) is 4.65.